The zero-order chi connectivity index (χ0) is 33.6. The molecule has 48 heavy (non-hydrogen) atoms. The number of hydrogen-bond donors (Lipinski definition) is 2. The normalized spacial score (nSPS) is 11.9. The van der Waals surface area contributed by atoms with Crippen molar-refractivity contribution in [1.82, 2.24) is 9.13 Å². The van der Waals surface area contributed by atoms with Crippen LogP contribution >= 0.6 is 0 Å². The summed E-state index contributed by atoms with van der Waals surface area (Å²) in [5, 5.41) is 21.2. The Morgan fingerprint density at radius 1 is 0.542 bits per heavy atom. The molecule has 2 heterocycles. The third kappa shape index (κ3) is 7.13. The number of aliphatic hydroxyl groups excluding tert-OH is 2. The maximum absolute atomic E-state index is 10.6. The van der Waals surface area contributed by atoms with Crippen LogP contribution in [0.3, 0.4) is 0 Å². The molecular weight excluding hydrogens is 604 g/mol. The van der Waals surface area contributed by atoms with Crippen LogP contribution in [-0.2, 0) is 27.2 Å². The van der Waals surface area contributed by atoms with Gasteiger partial charge in [0.15, 0.2) is 0 Å². The van der Waals surface area contributed by atoms with Crippen molar-refractivity contribution >= 4 is 23.2 Å². The predicted molar refractivity (Wildman–Crippen MR) is 185 cm³/mol. The van der Waals surface area contributed by atoms with Crippen LogP contribution in [-0.4, -0.2) is 31.1 Å². The summed E-state index contributed by atoms with van der Waals surface area (Å²) in [6.45, 7) is 5.50. The molecule has 242 valence electrons. The van der Waals surface area contributed by atoms with Gasteiger partial charge < -0.3 is 19.7 Å². The molecule has 2 aromatic heterocycles. The zero-order valence-electron chi connectivity index (χ0n) is 27.4. The molecule has 0 spiro atoms. The zero-order valence-corrected chi connectivity index (χ0v) is 27.4. The molecule has 0 unspecified atom stereocenters. The molecule has 0 bridgehead atoms. The van der Waals surface area contributed by atoms with Gasteiger partial charge in [-0.2, -0.15) is 0 Å². The van der Waals surface area contributed by atoms with Crippen molar-refractivity contribution in [2.75, 3.05) is 0 Å². The number of aryl methyl sites for hydroxylation is 4. The van der Waals surface area contributed by atoms with Crippen molar-refractivity contribution in [2.45, 2.75) is 26.9 Å². The van der Waals surface area contributed by atoms with Crippen LogP contribution in [0.1, 0.15) is 25.5 Å². The molecule has 6 rings (SSSR count). The van der Waals surface area contributed by atoms with Gasteiger partial charge in [-0.3, -0.25) is 0 Å². The summed E-state index contributed by atoms with van der Waals surface area (Å²) in [5.41, 5.74) is 3.34. The average molecular weight is 643 g/mol. The maximum Gasteiger partial charge on any atom is 0.344 e. The van der Waals surface area contributed by atoms with Crippen LogP contribution in [0, 0.1) is 0 Å². The number of nitrogens with zero attached hydrogens (tertiary/aromatic N) is 6. The van der Waals surface area contributed by atoms with Gasteiger partial charge in [-0.15, -0.1) is 0 Å². The first-order valence-electron chi connectivity index (χ1n) is 15.7. The second-order valence-electron chi connectivity index (χ2n) is 11.1. The molecule has 10 nitrogen and oxygen atoms in total. The Bertz CT molecular complexity index is 1910. The molecule has 0 saturated heterocycles. The molecule has 0 fully saturated rings. The van der Waals surface area contributed by atoms with E-state index in [-0.39, 0.29) is 11.8 Å². The van der Waals surface area contributed by atoms with E-state index in [0.717, 1.165) is 24.2 Å². The van der Waals surface area contributed by atoms with Crippen molar-refractivity contribution in [1.29, 1.82) is 0 Å². The van der Waals surface area contributed by atoms with E-state index in [2.05, 4.69) is 9.98 Å². The Morgan fingerprint density at radius 3 is 1.17 bits per heavy atom. The lowest BCUT2D eigenvalue weighted by Crippen LogP contribution is -2.35. The van der Waals surface area contributed by atoms with Gasteiger partial charge in [-0.05, 0) is 97.8 Å². The minimum absolute atomic E-state index is 0.0427. The fourth-order valence-corrected chi connectivity index (χ4v) is 5.36. The fraction of sp³-hybridized carbons (Fsp3) is 0.158. The smallest absolute Gasteiger partial charge is 0.344 e. The Balaban J connectivity index is 1.05. The first-order valence-corrected chi connectivity index (χ1v) is 15.7. The summed E-state index contributed by atoms with van der Waals surface area (Å²) in [6.07, 6.45) is 7.59. The number of ether oxygens (including phenoxy) is 2. The average Bonchev–Trinajstić information content (AvgIpc) is 3.68. The summed E-state index contributed by atoms with van der Waals surface area (Å²) in [6, 6.07) is 30.3. The summed E-state index contributed by atoms with van der Waals surface area (Å²) >= 11 is 0. The Hall–Kier alpha value is -6.16. The lowest BCUT2D eigenvalue weighted by atomic mass is 10.1. The number of benzene rings is 4. The number of rotatable bonds is 11. The molecule has 2 N–H and O–H groups in total. The molecule has 0 aliphatic carbocycles. The van der Waals surface area contributed by atoms with Gasteiger partial charge in [-0.25, -0.2) is 28.3 Å². The van der Waals surface area contributed by atoms with Gasteiger partial charge in [0.2, 0.25) is 0 Å². The van der Waals surface area contributed by atoms with Gasteiger partial charge >= 0.3 is 23.4 Å². The van der Waals surface area contributed by atoms with Crippen LogP contribution in [0.15, 0.2) is 132 Å². The molecular formula is C38H38N6O4+2. The minimum Gasteiger partial charge on any atom is -0.487 e. The fourth-order valence-electron chi connectivity index (χ4n) is 5.36. The second-order valence-corrected chi connectivity index (χ2v) is 11.1. The van der Waals surface area contributed by atoms with E-state index in [1.54, 1.807) is 0 Å². The number of imidazole rings is 2. The minimum atomic E-state index is -0.0427. The lowest BCUT2D eigenvalue weighted by molar-refractivity contribution is -0.672. The van der Waals surface area contributed by atoms with Gasteiger partial charge in [0.25, 0.3) is 0 Å². The highest BCUT2D eigenvalue weighted by Gasteiger charge is 2.21. The van der Waals surface area contributed by atoms with Crippen molar-refractivity contribution in [3.63, 3.8) is 0 Å². The molecule has 0 aliphatic rings. The second kappa shape index (κ2) is 14.1. The Morgan fingerprint density at radius 2 is 0.854 bits per heavy atom. The molecule has 6 aromatic rings. The van der Waals surface area contributed by atoms with Gasteiger partial charge in [0.1, 0.15) is 47.8 Å². The van der Waals surface area contributed by atoms with Crippen LogP contribution < -0.4 is 18.6 Å². The lowest BCUT2D eigenvalue weighted by Gasteiger charge is -2.09. The maximum atomic E-state index is 10.6. The van der Waals surface area contributed by atoms with Crippen molar-refractivity contribution < 1.29 is 28.8 Å². The summed E-state index contributed by atoms with van der Waals surface area (Å²) in [5.74, 6) is 3.95. The van der Waals surface area contributed by atoms with Crippen LogP contribution in [0.2, 0.25) is 0 Å². The third-order valence-electron chi connectivity index (χ3n) is 7.89. The van der Waals surface area contributed by atoms with Crippen molar-refractivity contribution in [3.05, 3.63) is 133 Å². The van der Waals surface area contributed by atoms with E-state index < -0.39 is 0 Å². The van der Waals surface area contributed by atoms with E-state index in [1.807, 2.05) is 168 Å². The van der Waals surface area contributed by atoms with Gasteiger partial charge in [-0.1, -0.05) is 24.3 Å². The Kier molecular flexibility index (Phi) is 9.33. The van der Waals surface area contributed by atoms with Crippen molar-refractivity contribution in [2.24, 2.45) is 24.1 Å². The highest BCUT2D eigenvalue weighted by Crippen LogP contribution is 2.30. The Labute approximate surface area is 279 Å². The highest BCUT2D eigenvalue weighted by atomic mass is 16.5. The molecule has 0 aliphatic heterocycles. The van der Waals surface area contributed by atoms with Gasteiger partial charge in [0.05, 0.1) is 38.6 Å². The quantitative estimate of drug-likeness (QED) is 0.0868. The number of aromatic nitrogens is 4. The number of hydrogen-bond acceptors (Lipinski definition) is 4. The standard InChI is InChI=1S/C38H36N6O4/c1-5-43-25-23-41(3)37(43)35(45)39-29-11-19-33(20-12-29)47-31-15-7-27(8-16-31)28-9-17-32(18-10-28)48-34-21-13-30(14-22-34)40-36(46)38-42(4)24-26-44(38)6-2/h7-26H,5-6H2,1-4H3/p+2. The molecule has 10 heteroatoms. The van der Waals surface area contributed by atoms with E-state index >= 15 is 0 Å². The largest absolute Gasteiger partial charge is 0.487 e. The van der Waals surface area contributed by atoms with E-state index in [0.29, 0.717) is 46.0 Å². The van der Waals surface area contributed by atoms with Crippen molar-refractivity contribution in [3.8, 4) is 34.1 Å². The summed E-state index contributed by atoms with van der Waals surface area (Å²) in [4.78, 5) is 8.75. The van der Waals surface area contributed by atoms with Gasteiger partial charge in [0, 0.05) is 0 Å². The summed E-state index contributed by atoms with van der Waals surface area (Å²) < 4.78 is 19.6. The van der Waals surface area contributed by atoms with Crippen LogP contribution in [0.25, 0.3) is 11.1 Å². The summed E-state index contributed by atoms with van der Waals surface area (Å²) in [7, 11) is 3.75. The molecule has 4 aromatic carbocycles. The molecule has 0 amide bonds. The van der Waals surface area contributed by atoms with E-state index in [9.17, 15) is 10.2 Å². The monoisotopic (exact) mass is 642 g/mol. The molecule has 0 radical (unpaired) electrons. The van der Waals surface area contributed by atoms with E-state index in [1.165, 1.54) is 0 Å². The molecule has 0 atom stereocenters. The van der Waals surface area contributed by atoms with E-state index in [4.69, 9.17) is 9.47 Å². The predicted octanol–water partition coefficient (Wildman–Crippen LogP) is 7.50. The third-order valence-corrected chi connectivity index (χ3v) is 7.89. The SMILES string of the molecule is CCn1cc[n+](C)c1C(O)=Nc1ccc(Oc2ccc(-c3ccc(Oc4ccc(N=C(O)c5n(CC)cc[n+]5C)cc4)cc3)cc2)cc1. The first-order chi connectivity index (χ1) is 23.3. The molecule has 0 saturated carbocycles. The topological polar surface area (TPSA) is 101 Å². The van der Waals surface area contributed by atoms with Crippen LogP contribution in [0.4, 0.5) is 11.4 Å². The first kappa shape index (κ1) is 31.8. The number of aliphatic imine (C=N–C) groups is 2. The highest BCUT2D eigenvalue weighted by molar-refractivity contribution is 5.90. The number of aliphatic hydroxyl groups is 2. The van der Waals surface area contributed by atoms with Crippen LogP contribution in [0.5, 0.6) is 23.0 Å².